The summed E-state index contributed by atoms with van der Waals surface area (Å²) < 4.78 is 26.0. The average Bonchev–Trinajstić information content (AvgIpc) is 2.30. The van der Waals surface area contributed by atoms with E-state index in [2.05, 4.69) is 10.1 Å². The molecule has 1 rings (SSSR count). The molecule has 1 heterocycles. The first-order valence-electron chi connectivity index (χ1n) is 3.58. The van der Waals surface area contributed by atoms with Crippen LogP contribution in [0.1, 0.15) is 6.42 Å². The average molecular weight is 193 g/mol. The largest absolute Gasteiger partial charge is 0.447 e. The van der Waals surface area contributed by atoms with E-state index in [1.165, 1.54) is 6.26 Å². The molecule has 0 aliphatic carbocycles. The summed E-state index contributed by atoms with van der Waals surface area (Å²) in [5.74, 6) is 0.0846. The minimum Gasteiger partial charge on any atom is -0.447 e. The Balaban J connectivity index is 2.30. The standard InChI is InChI=1S/C6H11NO4S/c1-12(9,10)3-2-5-4-11-6(8)7-5/h5H,2-4H2,1H3,(H,7,8). The highest BCUT2D eigenvalue weighted by molar-refractivity contribution is 7.90. The molecule has 1 N–H and O–H groups in total. The molecule has 0 radical (unpaired) electrons. The first kappa shape index (κ1) is 9.31. The van der Waals surface area contributed by atoms with Gasteiger partial charge in [0, 0.05) is 6.26 Å². The highest BCUT2D eigenvalue weighted by atomic mass is 32.2. The molecule has 5 nitrogen and oxygen atoms in total. The molecular formula is C6H11NO4S. The summed E-state index contributed by atoms with van der Waals surface area (Å²) in [7, 11) is -2.94. The molecule has 0 aromatic heterocycles. The number of cyclic esters (lactones) is 1. The molecule has 1 amide bonds. The summed E-state index contributed by atoms with van der Waals surface area (Å²) in [6.45, 7) is 0.272. The first-order chi connectivity index (χ1) is 5.47. The molecule has 0 spiro atoms. The van der Waals surface area contributed by atoms with Crippen molar-refractivity contribution in [1.82, 2.24) is 5.32 Å². The van der Waals surface area contributed by atoms with Crippen molar-refractivity contribution in [3.63, 3.8) is 0 Å². The van der Waals surface area contributed by atoms with E-state index in [9.17, 15) is 13.2 Å². The summed E-state index contributed by atoms with van der Waals surface area (Å²) in [5.41, 5.74) is 0. The second-order valence-electron chi connectivity index (χ2n) is 2.86. The topological polar surface area (TPSA) is 72.5 Å². The summed E-state index contributed by atoms with van der Waals surface area (Å²) in [4.78, 5) is 10.5. The van der Waals surface area contributed by atoms with Crippen molar-refractivity contribution in [2.24, 2.45) is 0 Å². The fourth-order valence-electron chi connectivity index (χ4n) is 0.938. The molecule has 1 unspecified atom stereocenters. The maximum atomic E-state index is 10.7. The Morgan fingerprint density at radius 1 is 1.67 bits per heavy atom. The van der Waals surface area contributed by atoms with Crippen LogP contribution in [0.2, 0.25) is 0 Å². The van der Waals surface area contributed by atoms with Crippen LogP contribution in [0.15, 0.2) is 0 Å². The smallest absolute Gasteiger partial charge is 0.407 e. The number of rotatable bonds is 3. The second-order valence-corrected chi connectivity index (χ2v) is 5.12. The molecule has 1 aliphatic rings. The second kappa shape index (κ2) is 3.30. The van der Waals surface area contributed by atoms with Gasteiger partial charge in [0.1, 0.15) is 16.4 Å². The number of hydrogen-bond acceptors (Lipinski definition) is 4. The van der Waals surface area contributed by atoms with Crippen LogP contribution in [0.5, 0.6) is 0 Å². The summed E-state index contributed by atoms with van der Waals surface area (Å²) >= 11 is 0. The molecule has 70 valence electrons. The van der Waals surface area contributed by atoms with E-state index in [1.807, 2.05) is 0 Å². The highest BCUT2D eigenvalue weighted by Gasteiger charge is 2.22. The number of amides is 1. The van der Waals surface area contributed by atoms with Crippen molar-refractivity contribution >= 4 is 15.9 Å². The number of sulfone groups is 1. The lowest BCUT2D eigenvalue weighted by atomic mass is 10.2. The Labute approximate surface area is 71.0 Å². The normalized spacial score (nSPS) is 23.4. The van der Waals surface area contributed by atoms with Gasteiger partial charge < -0.3 is 10.1 Å². The number of hydrogen-bond donors (Lipinski definition) is 1. The van der Waals surface area contributed by atoms with Crippen molar-refractivity contribution in [1.29, 1.82) is 0 Å². The third kappa shape index (κ3) is 3.08. The third-order valence-corrected chi connectivity index (χ3v) is 2.55. The number of ether oxygens (including phenoxy) is 1. The van der Waals surface area contributed by atoms with Gasteiger partial charge in [-0.15, -0.1) is 0 Å². The molecule has 1 fully saturated rings. The molecule has 0 aromatic carbocycles. The van der Waals surface area contributed by atoms with Gasteiger partial charge in [0.25, 0.3) is 0 Å². The van der Waals surface area contributed by atoms with E-state index in [0.717, 1.165) is 0 Å². The maximum absolute atomic E-state index is 10.7. The lowest BCUT2D eigenvalue weighted by molar-refractivity contribution is 0.176. The van der Waals surface area contributed by atoms with Gasteiger partial charge in [0.15, 0.2) is 0 Å². The van der Waals surface area contributed by atoms with Gasteiger partial charge in [-0.3, -0.25) is 0 Å². The number of carbonyl (C=O) groups is 1. The van der Waals surface area contributed by atoms with E-state index in [1.54, 1.807) is 0 Å². The van der Waals surface area contributed by atoms with E-state index < -0.39 is 15.9 Å². The van der Waals surface area contributed by atoms with Crippen LogP contribution in [0.3, 0.4) is 0 Å². The molecule has 1 aliphatic heterocycles. The summed E-state index contributed by atoms with van der Waals surface area (Å²) in [6.07, 6.45) is 1.13. The van der Waals surface area contributed by atoms with Gasteiger partial charge in [0.2, 0.25) is 0 Å². The minimum atomic E-state index is -2.94. The predicted molar refractivity (Wildman–Crippen MR) is 42.6 cm³/mol. The molecule has 0 saturated carbocycles. The van der Waals surface area contributed by atoms with Gasteiger partial charge in [-0.2, -0.15) is 0 Å². The molecule has 12 heavy (non-hydrogen) atoms. The third-order valence-electron chi connectivity index (χ3n) is 1.57. The van der Waals surface area contributed by atoms with Gasteiger partial charge in [-0.25, -0.2) is 13.2 Å². The monoisotopic (exact) mass is 193 g/mol. The Bertz CT molecular complexity index is 271. The molecule has 1 saturated heterocycles. The fourth-order valence-corrected chi connectivity index (χ4v) is 1.65. The quantitative estimate of drug-likeness (QED) is 0.657. The Morgan fingerprint density at radius 2 is 2.33 bits per heavy atom. The Morgan fingerprint density at radius 3 is 2.75 bits per heavy atom. The Hall–Kier alpha value is -0.780. The molecule has 6 heteroatoms. The lowest BCUT2D eigenvalue weighted by Gasteiger charge is -2.04. The highest BCUT2D eigenvalue weighted by Crippen LogP contribution is 2.03. The van der Waals surface area contributed by atoms with Gasteiger partial charge in [-0.1, -0.05) is 0 Å². The van der Waals surface area contributed by atoms with E-state index in [-0.39, 0.29) is 18.4 Å². The molecule has 0 bridgehead atoms. The molecule has 0 aromatic rings. The number of nitrogens with one attached hydrogen (secondary N) is 1. The minimum absolute atomic E-state index is 0.0846. The SMILES string of the molecule is CS(=O)(=O)CCC1COC(=O)N1. The molecule has 1 atom stereocenters. The van der Waals surface area contributed by atoms with Crippen LogP contribution >= 0.6 is 0 Å². The Kier molecular flexibility index (Phi) is 2.56. The number of alkyl carbamates (subject to hydrolysis) is 1. The summed E-state index contributed by atoms with van der Waals surface area (Å²) in [5, 5.41) is 2.50. The van der Waals surface area contributed by atoms with Crippen molar-refractivity contribution in [2.45, 2.75) is 12.5 Å². The first-order valence-corrected chi connectivity index (χ1v) is 5.64. The summed E-state index contributed by atoms with van der Waals surface area (Å²) in [6, 6.07) is -0.146. The van der Waals surface area contributed by atoms with Gasteiger partial charge in [-0.05, 0) is 6.42 Å². The van der Waals surface area contributed by atoms with E-state index in [4.69, 9.17) is 0 Å². The van der Waals surface area contributed by atoms with Crippen LogP contribution < -0.4 is 5.32 Å². The fraction of sp³-hybridized carbons (Fsp3) is 0.833. The van der Waals surface area contributed by atoms with Crippen LogP contribution in [-0.4, -0.2) is 39.2 Å². The van der Waals surface area contributed by atoms with Gasteiger partial charge >= 0.3 is 6.09 Å². The van der Waals surface area contributed by atoms with Crippen molar-refractivity contribution in [2.75, 3.05) is 18.6 Å². The lowest BCUT2D eigenvalue weighted by Crippen LogP contribution is -2.28. The van der Waals surface area contributed by atoms with Gasteiger partial charge in [0.05, 0.1) is 11.8 Å². The zero-order valence-corrected chi connectivity index (χ0v) is 7.56. The van der Waals surface area contributed by atoms with E-state index >= 15 is 0 Å². The zero-order valence-electron chi connectivity index (χ0n) is 6.74. The van der Waals surface area contributed by atoms with Crippen molar-refractivity contribution in [3.8, 4) is 0 Å². The van der Waals surface area contributed by atoms with E-state index in [0.29, 0.717) is 6.42 Å². The van der Waals surface area contributed by atoms with Crippen molar-refractivity contribution in [3.05, 3.63) is 0 Å². The molecular weight excluding hydrogens is 182 g/mol. The van der Waals surface area contributed by atoms with Crippen LogP contribution in [0.4, 0.5) is 4.79 Å². The van der Waals surface area contributed by atoms with Crippen LogP contribution in [0, 0.1) is 0 Å². The van der Waals surface area contributed by atoms with Crippen LogP contribution in [-0.2, 0) is 14.6 Å². The van der Waals surface area contributed by atoms with Crippen LogP contribution in [0.25, 0.3) is 0 Å². The zero-order chi connectivity index (χ0) is 9.19. The van der Waals surface area contributed by atoms with Crippen molar-refractivity contribution < 1.29 is 17.9 Å². The predicted octanol–water partition coefficient (Wildman–Crippen LogP) is -0.470. The maximum Gasteiger partial charge on any atom is 0.407 e. The number of carbonyl (C=O) groups excluding carboxylic acids is 1.